The molecular formula is C22H20BrFN2O3S. The second-order valence-electron chi connectivity index (χ2n) is 6.49. The fourth-order valence-corrected chi connectivity index (χ4v) is 4.74. The number of rotatable bonds is 7. The van der Waals surface area contributed by atoms with E-state index >= 15 is 0 Å². The molecule has 3 rings (SSSR count). The first-order chi connectivity index (χ1) is 14.3. The lowest BCUT2D eigenvalue weighted by Crippen LogP contribution is -2.30. The fraction of sp³-hybridized carbons (Fsp3) is 0.136. The van der Waals surface area contributed by atoms with Gasteiger partial charge in [-0.1, -0.05) is 49.4 Å². The molecule has 3 aromatic rings. The van der Waals surface area contributed by atoms with Gasteiger partial charge in [0.2, 0.25) is 10.0 Å². The number of sulfonamides is 1. The van der Waals surface area contributed by atoms with Crippen LogP contribution in [-0.2, 0) is 16.6 Å². The zero-order chi connectivity index (χ0) is 21.7. The molecule has 0 atom stereocenters. The van der Waals surface area contributed by atoms with Gasteiger partial charge < -0.3 is 5.32 Å². The molecule has 1 N–H and O–H groups in total. The van der Waals surface area contributed by atoms with Gasteiger partial charge in [-0.2, -0.15) is 4.31 Å². The molecule has 0 saturated carbocycles. The van der Waals surface area contributed by atoms with E-state index in [2.05, 4.69) is 21.2 Å². The van der Waals surface area contributed by atoms with Crippen LogP contribution in [0.25, 0.3) is 0 Å². The molecule has 5 nitrogen and oxygen atoms in total. The van der Waals surface area contributed by atoms with Crippen LogP contribution in [0, 0.1) is 5.82 Å². The number of nitrogens with zero attached hydrogens (tertiary/aromatic N) is 1. The van der Waals surface area contributed by atoms with Crippen molar-refractivity contribution in [3.05, 3.63) is 94.2 Å². The summed E-state index contributed by atoms with van der Waals surface area (Å²) in [5, 5.41) is 2.59. The third kappa shape index (κ3) is 4.95. The molecule has 3 aromatic carbocycles. The molecular weight excluding hydrogens is 471 g/mol. The van der Waals surface area contributed by atoms with E-state index in [9.17, 15) is 17.6 Å². The third-order valence-electron chi connectivity index (χ3n) is 4.50. The average Bonchev–Trinajstić information content (AvgIpc) is 2.74. The van der Waals surface area contributed by atoms with Gasteiger partial charge in [-0.25, -0.2) is 12.8 Å². The summed E-state index contributed by atoms with van der Waals surface area (Å²) in [5.74, 6) is -1.54. The molecule has 0 aromatic heterocycles. The highest BCUT2D eigenvalue weighted by molar-refractivity contribution is 9.10. The van der Waals surface area contributed by atoms with Gasteiger partial charge >= 0.3 is 0 Å². The summed E-state index contributed by atoms with van der Waals surface area (Å²) in [6.07, 6.45) is 0. The van der Waals surface area contributed by atoms with Gasteiger partial charge in [0.25, 0.3) is 5.91 Å². The van der Waals surface area contributed by atoms with E-state index in [1.165, 1.54) is 10.4 Å². The van der Waals surface area contributed by atoms with E-state index in [1.54, 1.807) is 31.2 Å². The van der Waals surface area contributed by atoms with E-state index in [0.717, 1.165) is 17.7 Å². The van der Waals surface area contributed by atoms with Crippen LogP contribution in [0.5, 0.6) is 0 Å². The third-order valence-corrected chi connectivity index (χ3v) is 7.11. The Balaban J connectivity index is 1.90. The Labute approximate surface area is 183 Å². The monoisotopic (exact) mass is 490 g/mol. The summed E-state index contributed by atoms with van der Waals surface area (Å²) >= 11 is 3.31. The molecule has 0 saturated heterocycles. The lowest BCUT2D eigenvalue weighted by molar-refractivity contribution is 0.102. The van der Waals surface area contributed by atoms with Crippen molar-refractivity contribution in [2.45, 2.75) is 18.4 Å². The Kier molecular flexibility index (Phi) is 7.02. The first-order valence-electron chi connectivity index (χ1n) is 9.22. The summed E-state index contributed by atoms with van der Waals surface area (Å²) < 4.78 is 42.5. The molecule has 0 unspecified atom stereocenters. The Bertz CT molecular complexity index is 1150. The quantitative estimate of drug-likeness (QED) is 0.503. The molecule has 0 radical (unpaired) electrons. The van der Waals surface area contributed by atoms with E-state index in [1.807, 2.05) is 30.3 Å². The topological polar surface area (TPSA) is 66.5 Å². The van der Waals surface area contributed by atoms with Gasteiger partial charge in [0, 0.05) is 17.6 Å². The average molecular weight is 491 g/mol. The number of halogens is 2. The van der Waals surface area contributed by atoms with Crippen LogP contribution < -0.4 is 5.32 Å². The largest absolute Gasteiger partial charge is 0.321 e. The Hall–Kier alpha value is -2.55. The van der Waals surface area contributed by atoms with Crippen LogP contribution >= 0.6 is 15.9 Å². The van der Waals surface area contributed by atoms with Crippen molar-refractivity contribution >= 4 is 37.5 Å². The molecule has 0 bridgehead atoms. The van der Waals surface area contributed by atoms with Crippen LogP contribution in [0.15, 0.2) is 82.2 Å². The smallest absolute Gasteiger partial charge is 0.258 e. The second kappa shape index (κ2) is 9.51. The van der Waals surface area contributed by atoms with Crippen molar-refractivity contribution in [2.24, 2.45) is 0 Å². The van der Waals surface area contributed by atoms with Crippen LogP contribution in [-0.4, -0.2) is 25.2 Å². The molecule has 0 fully saturated rings. The summed E-state index contributed by atoms with van der Waals surface area (Å²) in [6.45, 7) is 2.13. The summed E-state index contributed by atoms with van der Waals surface area (Å²) in [4.78, 5) is 12.5. The zero-order valence-corrected chi connectivity index (χ0v) is 18.6. The molecule has 8 heteroatoms. The van der Waals surface area contributed by atoms with E-state index < -0.39 is 21.7 Å². The van der Waals surface area contributed by atoms with Crippen molar-refractivity contribution < 1.29 is 17.6 Å². The predicted molar refractivity (Wildman–Crippen MR) is 118 cm³/mol. The van der Waals surface area contributed by atoms with Gasteiger partial charge in [0.1, 0.15) is 5.82 Å². The van der Waals surface area contributed by atoms with Crippen molar-refractivity contribution in [3.63, 3.8) is 0 Å². The summed E-state index contributed by atoms with van der Waals surface area (Å²) in [6, 6.07) is 19.3. The predicted octanol–water partition coefficient (Wildman–Crippen LogP) is 5.05. The fourth-order valence-electron chi connectivity index (χ4n) is 2.89. The van der Waals surface area contributed by atoms with Gasteiger partial charge in [0.15, 0.2) is 0 Å². The molecule has 0 heterocycles. The van der Waals surface area contributed by atoms with Crippen LogP contribution in [0.4, 0.5) is 10.1 Å². The van der Waals surface area contributed by atoms with Gasteiger partial charge in [-0.15, -0.1) is 0 Å². The summed E-state index contributed by atoms with van der Waals surface area (Å²) in [7, 11) is -3.93. The SMILES string of the molecule is CCN(Cc1ccccc1)S(=O)(=O)c1ccc(F)c(C(=O)Nc2ccccc2Br)c1. The number of benzene rings is 3. The molecule has 0 aliphatic carbocycles. The lowest BCUT2D eigenvalue weighted by atomic mass is 10.2. The van der Waals surface area contributed by atoms with Crippen LogP contribution in [0.3, 0.4) is 0 Å². The number of amides is 1. The van der Waals surface area contributed by atoms with E-state index in [4.69, 9.17) is 0 Å². The molecule has 30 heavy (non-hydrogen) atoms. The Morgan fingerprint density at radius 2 is 1.70 bits per heavy atom. The molecule has 0 spiro atoms. The number of hydrogen-bond acceptors (Lipinski definition) is 3. The van der Waals surface area contributed by atoms with Crippen LogP contribution in [0.1, 0.15) is 22.8 Å². The number of nitrogens with one attached hydrogen (secondary N) is 1. The van der Waals surface area contributed by atoms with Crippen molar-refractivity contribution in [1.82, 2.24) is 4.31 Å². The number of hydrogen-bond donors (Lipinski definition) is 1. The standard InChI is InChI=1S/C22H20BrFN2O3S/c1-2-26(15-16-8-4-3-5-9-16)30(28,29)17-12-13-20(24)18(14-17)22(27)25-21-11-7-6-10-19(21)23/h3-14H,2,15H2,1H3,(H,25,27). The maximum Gasteiger partial charge on any atom is 0.258 e. The Morgan fingerprint density at radius 1 is 1.03 bits per heavy atom. The first-order valence-corrected chi connectivity index (χ1v) is 11.5. The van der Waals surface area contributed by atoms with Crippen molar-refractivity contribution in [2.75, 3.05) is 11.9 Å². The van der Waals surface area contributed by atoms with Gasteiger partial charge in [-0.3, -0.25) is 4.79 Å². The van der Waals surface area contributed by atoms with E-state index in [-0.39, 0.29) is 23.5 Å². The lowest BCUT2D eigenvalue weighted by Gasteiger charge is -2.21. The number of anilines is 1. The van der Waals surface area contributed by atoms with Gasteiger partial charge in [0.05, 0.1) is 16.1 Å². The number of carbonyl (C=O) groups excluding carboxylic acids is 1. The summed E-state index contributed by atoms with van der Waals surface area (Å²) in [5.41, 5.74) is 0.939. The van der Waals surface area contributed by atoms with Crippen molar-refractivity contribution in [1.29, 1.82) is 0 Å². The van der Waals surface area contributed by atoms with E-state index in [0.29, 0.717) is 10.2 Å². The first kappa shape index (κ1) is 22.1. The minimum atomic E-state index is -3.93. The highest BCUT2D eigenvalue weighted by Gasteiger charge is 2.25. The molecule has 0 aliphatic heterocycles. The second-order valence-corrected chi connectivity index (χ2v) is 9.28. The zero-order valence-electron chi connectivity index (χ0n) is 16.2. The minimum Gasteiger partial charge on any atom is -0.321 e. The van der Waals surface area contributed by atoms with Gasteiger partial charge in [-0.05, 0) is 51.8 Å². The maximum atomic E-state index is 14.4. The Morgan fingerprint density at radius 3 is 2.37 bits per heavy atom. The van der Waals surface area contributed by atoms with Crippen molar-refractivity contribution in [3.8, 4) is 0 Å². The highest BCUT2D eigenvalue weighted by atomic mass is 79.9. The normalized spacial score (nSPS) is 11.5. The molecule has 0 aliphatic rings. The highest BCUT2D eigenvalue weighted by Crippen LogP contribution is 2.24. The molecule has 1 amide bonds. The number of carbonyl (C=O) groups is 1. The molecule has 156 valence electrons. The van der Waals surface area contributed by atoms with Crippen LogP contribution in [0.2, 0.25) is 0 Å². The maximum absolute atomic E-state index is 14.4. The number of para-hydroxylation sites is 1. The minimum absolute atomic E-state index is 0.140.